The number of Topliss-reactive ketones (excluding diaryl/α,β-unsaturated/α-hetero) is 1. The summed E-state index contributed by atoms with van der Waals surface area (Å²) in [5.74, 6) is 0.963. The average Bonchev–Trinajstić information content (AvgIpc) is 2.18. The number of carbonyl (C=O) groups is 1. The molecule has 0 aliphatic rings. The Kier molecular flexibility index (Phi) is 4.82. The van der Waals surface area contributed by atoms with Gasteiger partial charge in [-0.25, -0.2) is 0 Å². The zero-order valence-electron chi connectivity index (χ0n) is 9.05. The highest BCUT2D eigenvalue weighted by Gasteiger charge is 2.09. The van der Waals surface area contributed by atoms with Crippen LogP contribution in [0.1, 0.15) is 37.0 Å². The summed E-state index contributed by atoms with van der Waals surface area (Å²) in [5, 5.41) is 0. The molecule has 82 valence electrons. The van der Waals surface area contributed by atoms with Gasteiger partial charge in [-0.1, -0.05) is 6.92 Å². The van der Waals surface area contributed by atoms with Crippen LogP contribution in [-0.2, 0) is 0 Å². The predicted molar refractivity (Wildman–Crippen MR) is 64.5 cm³/mol. The molecule has 0 saturated carbocycles. The average molecular weight is 271 g/mol. The van der Waals surface area contributed by atoms with Crippen LogP contribution in [0, 0.1) is 0 Å². The van der Waals surface area contributed by atoms with Crippen LogP contribution in [0.3, 0.4) is 0 Å². The zero-order chi connectivity index (χ0) is 11.3. The summed E-state index contributed by atoms with van der Waals surface area (Å²) in [4.78, 5) is 11.7. The van der Waals surface area contributed by atoms with Gasteiger partial charge in [0.2, 0.25) is 0 Å². The molecule has 0 radical (unpaired) electrons. The summed E-state index contributed by atoms with van der Waals surface area (Å²) >= 11 is 3.39. The molecule has 0 amide bonds. The Labute approximate surface area is 98.8 Å². The summed E-state index contributed by atoms with van der Waals surface area (Å²) in [6.07, 6.45) is 1.46. The Morgan fingerprint density at radius 3 is 2.67 bits per heavy atom. The van der Waals surface area contributed by atoms with Crippen LogP contribution in [0.5, 0.6) is 5.75 Å². The molecule has 2 nitrogen and oxygen atoms in total. The fraction of sp³-hybridized carbons (Fsp3) is 0.417. The van der Waals surface area contributed by atoms with E-state index in [2.05, 4.69) is 15.9 Å². The third-order valence-corrected chi connectivity index (χ3v) is 2.69. The second kappa shape index (κ2) is 5.91. The molecule has 0 saturated heterocycles. The Balaban J connectivity index is 2.87. The van der Waals surface area contributed by atoms with Crippen molar-refractivity contribution in [1.29, 1.82) is 0 Å². The van der Waals surface area contributed by atoms with Crippen molar-refractivity contribution in [3.63, 3.8) is 0 Å². The number of ketones is 1. The van der Waals surface area contributed by atoms with Crippen molar-refractivity contribution in [2.24, 2.45) is 0 Å². The van der Waals surface area contributed by atoms with E-state index in [-0.39, 0.29) is 5.78 Å². The van der Waals surface area contributed by atoms with Gasteiger partial charge in [-0.05, 0) is 47.5 Å². The van der Waals surface area contributed by atoms with E-state index in [0.29, 0.717) is 13.0 Å². The van der Waals surface area contributed by atoms with Gasteiger partial charge in [-0.3, -0.25) is 4.79 Å². The van der Waals surface area contributed by atoms with Crippen LogP contribution in [0.2, 0.25) is 0 Å². The minimum Gasteiger partial charge on any atom is -0.494 e. The van der Waals surface area contributed by atoms with Gasteiger partial charge in [-0.15, -0.1) is 0 Å². The highest BCUT2D eigenvalue weighted by atomic mass is 79.9. The summed E-state index contributed by atoms with van der Waals surface area (Å²) < 4.78 is 6.15. The van der Waals surface area contributed by atoms with Gasteiger partial charge in [0.15, 0.2) is 5.78 Å². The van der Waals surface area contributed by atoms with Crippen molar-refractivity contribution >= 4 is 21.7 Å². The van der Waals surface area contributed by atoms with E-state index in [0.717, 1.165) is 22.2 Å². The van der Waals surface area contributed by atoms with Gasteiger partial charge < -0.3 is 4.74 Å². The SMILES string of the molecule is CCCC(=O)c1ccc(OCC)cc1Br. The van der Waals surface area contributed by atoms with E-state index in [4.69, 9.17) is 4.74 Å². The molecular formula is C12H15BrO2. The van der Waals surface area contributed by atoms with Gasteiger partial charge in [0, 0.05) is 16.5 Å². The van der Waals surface area contributed by atoms with Crippen molar-refractivity contribution in [3.05, 3.63) is 28.2 Å². The van der Waals surface area contributed by atoms with E-state index in [1.165, 1.54) is 0 Å². The molecule has 1 aromatic carbocycles. The van der Waals surface area contributed by atoms with Gasteiger partial charge in [0.1, 0.15) is 5.75 Å². The number of hydrogen-bond acceptors (Lipinski definition) is 2. The fourth-order valence-electron chi connectivity index (χ4n) is 1.34. The molecule has 3 heteroatoms. The van der Waals surface area contributed by atoms with Crippen LogP contribution in [0.4, 0.5) is 0 Å². The standard InChI is InChI=1S/C12H15BrO2/c1-3-5-12(14)10-7-6-9(15-4-2)8-11(10)13/h6-8H,3-5H2,1-2H3. The molecule has 0 spiro atoms. The molecule has 0 unspecified atom stereocenters. The Hall–Kier alpha value is -0.830. The van der Waals surface area contributed by atoms with Gasteiger partial charge in [0.25, 0.3) is 0 Å². The largest absolute Gasteiger partial charge is 0.494 e. The first-order valence-electron chi connectivity index (χ1n) is 5.14. The van der Waals surface area contributed by atoms with E-state index in [1.807, 2.05) is 32.0 Å². The molecule has 0 aliphatic heterocycles. The number of rotatable bonds is 5. The molecule has 0 atom stereocenters. The quantitative estimate of drug-likeness (QED) is 0.761. The molecular weight excluding hydrogens is 256 g/mol. The van der Waals surface area contributed by atoms with E-state index in [9.17, 15) is 4.79 Å². The van der Waals surface area contributed by atoms with Gasteiger partial charge in [-0.2, -0.15) is 0 Å². The molecule has 1 rings (SSSR count). The molecule has 15 heavy (non-hydrogen) atoms. The number of benzene rings is 1. The highest BCUT2D eigenvalue weighted by Crippen LogP contribution is 2.24. The molecule has 0 aromatic heterocycles. The monoisotopic (exact) mass is 270 g/mol. The van der Waals surface area contributed by atoms with Crippen LogP contribution in [-0.4, -0.2) is 12.4 Å². The Bertz CT molecular complexity index is 347. The van der Waals surface area contributed by atoms with Crippen molar-refractivity contribution in [1.82, 2.24) is 0 Å². The lowest BCUT2D eigenvalue weighted by Crippen LogP contribution is -2.00. The zero-order valence-corrected chi connectivity index (χ0v) is 10.6. The van der Waals surface area contributed by atoms with Crippen LogP contribution in [0.25, 0.3) is 0 Å². The topological polar surface area (TPSA) is 26.3 Å². The summed E-state index contributed by atoms with van der Waals surface area (Å²) in [5.41, 5.74) is 0.736. The van der Waals surface area contributed by atoms with Crippen molar-refractivity contribution < 1.29 is 9.53 Å². The lowest BCUT2D eigenvalue weighted by molar-refractivity contribution is 0.0981. The first kappa shape index (κ1) is 12.2. The van der Waals surface area contributed by atoms with E-state index >= 15 is 0 Å². The summed E-state index contributed by atoms with van der Waals surface area (Å²) in [6.45, 7) is 4.57. The lowest BCUT2D eigenvalue weighted by atomic mass is 10.1. The van der Waals surface area contributed by atoms with Crippen molar-refractivity contribution in [2.75, 3.05) is 6.61 Å². The minimum absolute atomic E-state index is 0.174. The maximum Gasteiger partial charge on any atom is 0.164 e. The van der Waals surface area contributed by atoms with Crippen LogP contribution >= 0.6 is 15.9 Å². The molecule has 1 aromatic rings. The first-order chi connectivity index (χ1) is 7.19. The lowest BCUT2D eigenvalue weighted by Gasteiger charge is -2.06. The van der Waals surface area contributed by atoms with Gasteiger partial charge >= 0.3 is 0 Å². The highest BCUT2D eigenvalue weighted by molar-refractivity contribution is 9.10. The molecule has 0 heterocycles. The van der Waals surface area contributed by atoms with E-state index < -0.39 is 0 Å². The predicted octanol–water partition coefficient (Wildman–Crippen LogP) is 3.83. The number of halogens is 1. The molecule has 0 aliphatic carbocycles. The van der Waals surface area contributed by atoms with Crippen LogP contribution < -0.4 is 4.74 Å². The normalized spacial score (nSPS) is 10.1. The number of ether oxygens (including phenoxy) is 1. The molecule has 0 bridgehead atoms. The maximum atomic E-state index is 11.7. The minimum atomic E-state index is 0.174. The van der Waals surface area contributed by atoms with Crippen molar-refractivity contribution in [3.8, 4) is 5.75 Å². The second-order valence-electron chi connectivity index (χ2n) is 3.25. The van der Waals surface area contributed by atoms with Crippen molar-refractivity contribution in [2.45, 2.75) is 26.7 Å². The first-order valence-corrected chi connectivity index (χ1v) is 5.93. The maximum absolute atomic E-state index is 11.7. The third-order valence-electron chi connectivity index (χ3n) is 2.03. The van der Waals surface area contributed by atoms with E-state index in [1.54, 1.807) is 0 Å². The number of hydrogen-bond donors (Lipinski definition) is 0. The van der Waals surface area contributed by atoms with Crippen LogP contribution in [0.15, 0.2) is 22.7 Å². The summed E-state index contributed by atoms with van der Waals surface area (Å²) in [7, 11) is 0. The second-order valence-corrected chi connectivity index (χ2v) is 4.10. The summed E-state index contributed by atoms with van der Waals surface area (Å²) in [6, 6.07) is 5.48. The number of carbonyl (C=O) groups excluding carboxylic acids is 1. The fourth-order valence-corrected chi connectivity index (χ4v) is 1.92. The van der Waals surface area contributed by atoms with Gasteiger partial charge in [0.05, 0.1) is 6.61 Å². The smallest absolute Gasteiger partial charge is 0.164 e. The third kappa shape index (κ3) is 3.34. The molecule has 0 fully saturated rings. The Morgan fingerprint density at radius 2 is 2.13 bits per heavy atom. The molecule has 0 N–H and O–H groups in total. The Morgan fingerprint density at radius 1 is 1.40 bits per heavy atom.